The zero-order valence-electron chi connectivity index (χ0n) is 8.61. The molecule has 1 aromatic carbocycles. The van der Waals surface area contributed by atoms with E-state index in [1.165, 1.54) is 0 Å². The number of benzene rings is 1. The number of hydrogen-bond acceptors (Lipinski definition) is 3. The average molecular weight is 215 g/mol. The molecule has 0 spiro atoms. The van der Waals surface area contributed by atoms with Crippen molar-refractivity contribution < 1.29 is 13.9 Å². The van der Waals surface area contributed by atoms with Gasteiger partial charge in [-0.3, -0.25) is 4.79 Å². The van der Waals surface area contributed by atoms with Crippen molar-refractivity contribution in [3.05, 3.63) is 30.0 Å². The van der Waals surface area contributed by atoms with Crippen molar-refractivity contribution in [2.24, 2.45) is 0 Å². The van der Waals surface area contributed by atoms with Crippen LogP contribution in [0.15, 0.2) is 28.7 Å². The van der Waals surface area contributed by atoms with Crippen LogP contribution in [0.1, 0.15) is 10.5 Å². The van der Waals surface area contributed by atoms with E-state index < -0.39 is 0 Å². The van der Waals surface area contributed by atoms with Gasteiger partial charge in [0.1, 0.15) is 0 Å². The molecule has 2 aromatic heterocycles. The summed E-state index contributed by atoms with van der Waals surface area (Å²) in [6.07, 6.45) is 0.765. The van der Waals surface area contributed by atoms with E-state index in [-0.39, 0.29) is 0 Å². The van der Waals surface area contributed by atoms with Crippen molar-refractivity contribution in [1.29, 1.82) is 0 Å². The Hall–Kier alpha value is -2.23. The molecule has 80 valence electrons. The standard InChI is InChI=1S/C12H9NO3/c1-15-10-4-2-3-8-9-5-7(6-14)13-12(9)16-11(8)10/h2-6,13H,1H3. The smallest absolute Gasteiger partial charge is 0.206 e. The second-order valence-electron chi connectivity index (χ2n) is 3.52. The van der Waals surface area contributed by atoms with Gasteiger partial charge in [0, 0.05) is 10.8 Å². The lowest BCUT2D eigenvalue weighted by Crippen LogP contribution is -1.82. The van der Waals surface area contributed by atoms with Gasteiger partial charge < -0.3 is 14.1 Å². The van der Waals surface area contributed by atoms with Crippen LogP contribution in [0.4, 0.5) is 0 Å². The molecule has 16 heavy (non-hydrogen) atoms. The molecule has 3 aromatic rings. The Morgan fingerprint density at radius 3 is 3.00 bits per heavy atom. The number of methoxy groups -OCH3 is 1. The third kappa shape index (κ3) is 1.07. The molecule has 4 nitrogen and oxygen atoms in total. The molecule has 0 aliphatic carbocycles. The zero-order chi connectivity index (χ0) is 11.1. The maximum absolute atomic E-state index is 10.6. The summed E-state index contributed by atoms with van der Waals surface area (Å²) < 4.78 is 10.8. The van der Waals surface area contributed by atoms with Gasteiger partial charge in [0.25, 0.3) is 0 Å². The molecule has 0 fully saturated rings. The predicted molar refractivity (Wildman–Crippen MR) is 60.0 cm³/mol. The number of rotatable bonds is 2. The van der Waals surface area contributed by atoms with E-state index in [1.54, 1.807) is 13.2 Å². The molecule has 0 bridgehead atoms. The molecule has 0 unspecified atom stereocenters. The number of hydrogen-bond donors (Lipinski definition) is 1. The summed E-state index contributed by atoms with van der Waals surface area (Å²) in [4.78, 5) is 13.5. The summed E-state index contributed by atoms with van der Waals surface area (Å²) in [6, 6.07) is 7.44. The van der Waals surface area contributed by atoms with Crippen LogP contribution in [-0.4, -0.2) is 18.4 Å². The van der Waals surface area contributed by atoms with Crippen molar-refractivity contribution in [1.82, 2.24) is 4.98 Å². The van der Waals surface area contributed by atoms with Crippen LogP contribution >= 0.6 is 0 Å². The number of aldehydes is 1. The van der Waals surface area contributed by atoms with Gasteiger partial charge in [-0.2, -0.15) is 0 Å². The largest absolute Gasteiger partial charge is 0.493 e. The lowest BCUT2D eigenvalue weighted by Gasteiger charge is -1.98. The SMILES string of the molecule is COc1cccc2c1oc1[nH]c(C=O)cc12. The van der Waals surface area contributed by atoms with Gasteiger partial charge in [-0.1, -0.05) is 12.1 Å². The Morgan fingerprint density at radius 1 is 1.38 bits per heavy atom. The van der Waals surface area contributed by atoms with Crippen molar-refractivity contribution in [2.75, 3.05) is 7.11 Å². The van der Waals surface area contributed by atoms with Crippen LogP contribution in [0.25, 0.3) is 22.1 Å². The number of furan rings is 1. The van der Waals surface area contributed by atoms with Crippen molar-refractivity contribution >= 4 is 28.4 Å². The van der Waals surface area contributed by atoms with Gasteiger partial charge in [-0.25, -0.2) is 0 Å². The highest BCUT2D eigenvalue weighted by Gasteiger charge is 2.13. The van der Waals surface area contributed by atoms with E-state index in [9.17, 15) is 4.79 Å². The highest BCUT2D eigenvalue weighted by atomic mass is 16.5. The predicted octanol–water partition coefficient (Wildman–Crippen LogP) is 2.74. The number of aromatic nitrogens is 1. The topological polar surface area (TPSA) is 55.2 Å². The molecule has 0 saturated heterocycles. The molecule has 4 heteroatoms. The highest BCUT2D eigenvalue weighted by molar-refractivity contribution is 6.07. The number of nitrogens with one attached hydrogen (secondary N) is 1. The summed E-state index contributed by atoms with van der Waals surface area (Å²) in [5.41, 5.74) is 1.81. The van der Waals surface area contributed by atoms with Gasteiger partial charge in [0.05, 0.1) is 12.8 Å². The third-order valence-electron chi connectivity index (χ3n) is 2.62. The van der Waals surface area contributed by atoms with E-state index in [1.807, 2.05) is 18.2 Å². The number of ether oxygens (including phenoxy) is 1. The number of fused-ring (bicyclic) bond motifs is 3. The van der Waals surface area contributed by atoms with Gasteiger partial charge in [0.2, 0.25) is 5.71 Å². The van der Waals surface area contributed by atoms with E-state index in [0.717, 1.165) is 17.1 Å². The van der Waals surface area contributed by atoms with Crippen molar-refractivity contribution in [3.8, 4) is 5.75 Å². The van der Waals surface area contributed by atoms with Crippen LogP contribution in [0.5, 0.6) is 5.75 Å². The molecular weight excluding hydrogens is 206 g/mol. The average Bonchev–Trinajstić information content (AvgIpc) is 2.85. The van der Waals surface area contributed by atoms with Gasteiger partial charge in [-0.05, 0) is 12.1 Å². The minimum absolute atomic E-state index is 0.512. The number of H-pyrrole nitrogens is 1. The monoisotopic (exact) mass is 215 g/mol. The summed E-state index contributed by atoms with van der Waals surface area (Å²) in [5.74, 6) is 0.690. The fourth-order valence-corrected chi connectivity index (χ4v) is 1.90. The van der Waals surface area contributed by atoms with Crippen molar-refractivity contribution in [2.45, 2.75) is 0 Å². The molecule has 0 atom stereocenters. The van der Waals surface area contributed by atoms with Crippen LogP contribution in [-0.2, 0) is 0 Å². The second kappa shape index (κ2) is 3.13. The quantitative estimate of drug-likeness (QED) is 0.668. The molecule has 0 radical (unpaired) electrons. The Labute approximate surface area is 90.8 Å². The lowest BCUT2D eigenvalue weighted by molar-refractivity contribution is 0.111. The summed E-state index contributed by atoms with van der Waals surface area (Å²) >= 11 is 0. The molecule has 0 aliphatic heterocycles. The first-order valence-corrected chi connectivity index (χ1v) is 4.87. The van der Waals surface area contributed by atoms with E-state index in [2.05, 4.69) is 4.98 Å². The Morgan fingerprint density at radius 2 is 2.25 bits per heavy atom. The minimum atomic E-state index is 0.512. The molecular formula is C12H9NO3. The molecule has 0 saturated carbocycles. The fourth-order valence-electron chi connectivity index (χ4n) is 1.90. The number of aromatic amines is 1. The normalized spacial score (nSPS) is 11.1. The summed E-state index contributed by atoms with van der Waals surface area (Å²) in [5, 5.41) is 1.84. The Balaban J connectivity index is 2.43. The fraction of sp³-hybridized carbons (Fsp3) is 0.0833. The molecule has 3 rings (SSSR count). The van der Waals surface area contributed by atoms with Crippen molar-refractivity contribution in [3.63, 3.8) is 0 Å². The molecule has 1 N–H and O–H groups in total. The minimum Gasteiger partial charge on any atom is -0.493 e. The van der Waals surface area contributed by atoms with E-state index >= 15 is 0 Å². The van der Waals surface area contributed by atoms with Gasteiger partial charge >= 0.3 is 0 Å². The lowest BCUT2D eigenvalue weighted by atomic mass is 10.2. The maximum Gasteiger partial charge on any atom is 0.206 e. The third-order valence-corrected chi connectivity index (χ3v) is 2.62. The van der Waals surface area contributed by atoms with Crippen LogP contribution in [0.3, 0.4) is 0 Å². The highest BCUT2D eigenvalue weighted by Crippen LogP contribution is 2.34. The number of carbonyl (C=O) groups excluding carboxylic acids is 1. The Bertz CT molecular complexity index is 678. The van der Waals surface area contributed by atoms with E-state index in [4.69, 9.17) is 9.15 Å². The van der Waals surface area contributed by atoms with Crippen LogP contribution in [0, 0.1) is 0 Å². The summed E-state index contributed by atoms with van der Waals surface area (Å²) in [6.45, 7) is 0. The first-order chi connectivity index (χ1) is 7.83. The van der Waals surface area contributed by atoms with Gasteiger partial charge in [0.15, 0.2) is 17.6 Å². The molecule has 0 amide bonds. The zero-order valence-corrected chi connectivity index (χ0v) is 8.61. The van der Waals surface area contributed by atoms with E-state index in [0.29, 0.717) is 22.7 Å². The number of para-hydroxylation sites is 1. The van der Waals surface area contributed by atoms with Gasteiger partial charge in [-0.15, -0.1) is 0 Å². The molecule has 2 heterocycles. The van der Waals surface area contributed by atoms with Crippen LogP contribution < -0.4 is 4.74 Å². The Kier molecular flexibility index (Phi) is 1.77. The first kappa shape index (κ1) is 9.03. The second-order valence-corrected chi connectivity index (χ2v) is 3.52. The van der Waals surface area contributed by atoms with Crippen LogP contribution in [0.2, 0.25) is 0 Å². The first-order valence-electron chi connectivity index (χ1n) is 4.87. The number of carbonyl (C=O) groups is 1. The maximum atomic E-state index is 10.6. The summed E-state index contributed by atoms with van der Waals surface area (Å²) in [7, 11) is 1.60. The molecule has 0 aliphatic rings.